The fourth-order valence-electron chi connectivity index (χ4n) is 1.42. The lowest BCUT2D eigenvalue weighted by atomic mass is 10.2. The lowest BCUT2D eigenvalue weighted by Crippen LogP contribution is -2.00. The van der Waals surface area contributed by atoms with Gasteiger partial charge in [0.2, 0.25) is 0 Å². The van der Waals surface area contributed by atoms with E-state index in [9.17, 15) is 0 Å². The highest BCUT2D eigenvalue weighted by Crippen LogP contribution is 2.19. The summed E-state index contributed by atoms with van der Waals surface area (Å²) < 4.78 is 10.9. The lowest BCUT2D eigenvalue weighted by Gasteiger charge is -2.15. The zero-order valence-electron chi connectivity index (χ0n) is 8.77. The van der Waals surface area contributed by atoms with E-state index in [0.717, 1.165) is 17.9 Å². The van der Waals surface area contributed by atoms with Crippen LogP contribution in [0.4, 0.5) is 0 Å². The van der Waals surface area contributed by atoms with Crippen LogP contribution in [0.2, 0.25) is 0 Å². The Morgan fingerprint density at radius 3 is 2.80 bits per heavy atom. The van der Waals surface area contributed by atoms with Gasteiger partial charge in [0.15, 0.2) is 0 Å². The molecule has 0 radical (unpaired) electrons. The van der Waals surface area contributed by atoms with Gasteiger partial charge in [-0.15, -0.1) is 0 Å². The maximum Gasteiger partial charge on any atom is 0.138 e. The van der Waals surface area contributed by atoms with Gasteiger partial charge in [-0.2, -0.15) is 0 Å². The van der Waals surface area contributed by atoms with Crippen LogP contribution in [0.15, 0.2) is 54.2 Å². The van der Waals surface area contributed by atoms with Crippen molar-refractivity contribution >= 4 is 0 Å². The molecule has 0 aromatic heterocycles. The van der Waals surface area contributed by atoms with Crippen LogP contribution in [0, 0.1) is 0 Å². The van der Waals surface area contributed by atoms with Crippen LogP contribution in [0.5, 0.6) is 0 Å². The van der Waals surface area contributed by atoms with Crippen LogP contribution >= 0.6 is 0 Å². The Balaban J connectivity index is 1.94. The van der Waals surface area contributed by atoms with Gasteiger partial charge in [-0.05, 0) is 18.6 Å². The second-order valence-corrected chi connectivity index (χ2v) is 3.45. The molecule has 2 nitrogen and oxygen atoms in total. The summed E-state index contributed by atoms with van der Waals surface area (Å²) in [7, 11) is 0. The van der Waals surface area contributed by atoms with Gasteiger partial charge in [-0.25, -0.2) is 0 Å². The average Bonchev–Trinajstić information content (AvgIpc) is 2.29. The normalized spacial score (nSPS) is 15.0. The van der Waals surface area contributed by atoms with Crippen molar-refractivity contribution in [3.8, 4) is 0 Å². The number of rotatable bonds is 3. The van der Waals surface area contributed by atoms with Crippen molar-refractivity contribution in [3.05, 3.63) is 59.8 Å². The van der Waals surface area contributed by atoms with Gasteiger partial charge >= 0.3 is 0 Å². The molecule has 0 N–H and O–H groups in total. The van der Waals surface area contributed by atoms with Crippen molar-refractivity contribution in [3.63, 3.8) is 0 Å². The standard InChI is InChI=1S/C13H14O2/c1-11-13(8-5-9-14-11)15-10-12-6-3-2-4-7-12/h2-7,9H,8,10H2,1H3. The van der Waals surface area contributed by atoms with E-state index in [1.165, 1.54) is 5.56 Å². The molecule has 1 aromatic rings. The first-order valence-electron chi connectivity index (χ1n) is 5.04. The summed E-state index contributed by atoms with van der Waals surface area (Å²) >= 11 is 0. The molecular weight excluding hydrogens is 188 g/mol. The van der Waals surface area contributed by atoms with Crippen LogP contribution in [0.3, 0.4) is 0 Å². The summed E-state index contributed by atoms with van der Waals surface area (Å²) in [4.78, 5) is 0. The molecule has 0 unspecified atom stereocenters. The minimum Gasteiger partial charge on any atom is -0.489 e. The molecule has 1 aromatic carbocycles. The first kappa shape index (κ1) is 9.84. The van der Waals surface area contributed by atoms with Gasteiger partial charge in [0.05, 0.1) is 6.26 Å². The van der Waals surface area contributed by atoms with Gasteiger partial charge < -0.3 is 9.47 Å². The van der Waals surface area contributed by atoms with Crippen LogP contribution in [0.1, 0.15) is 18.9 Å². The van der Waals surface area contributed by atoms with Crippen LogP contribution in [0.25, 0.3) is 0 Å². The quantitative estimate of drug-likeness (QED) is 0.748. The SMILES string of the molecule is CC1=C(OCc2ccccc2)CC=CO1. The molecule has 0 saturated heterocycles. The first-order valence-corrected chi connectivity index (χ1v) is 5.04. The summed E-state index contributed by atoms with van der Waals surface area (Å²) in [6.07, 6.45) is 4.47. The third kappa shape index (κ3) is 2.62. The third-order valence-electron chi connectivity index (χ3n) is 2.29. The fraction of sp³-hybridized carbons (Fsp3) is 0.231. The molecule has 0 spiro atoms. The number of benzene rings is 1. The summed E-state index contributed by atoms with van der Waals surface area (Å²) in [6, 6.07) is 10.1. The Morgan fingerprint density at radius 2 is 2.07 bits per heavy atom. The highest BCUT2D eigenvalue weighted by molar-refractivity contribution is 5.15. The van der Waals surface area contributed by atoms with E-state index in [0.29, 0.717) is 6.61 Å². The monoisotopic (exact) mass is 202 g/mol. The Morgan fingerprint density at radius 1 is 1.27 bits per heavy atom. The van der Waals surface area contributed by atoms with Crippen LogP contribution in [-0.4, -0.2) is 0 Å². The number of hydrogen-bond acceptors (Lipinski definition) is 2. The van der Waals surface area contributed by atoms with Crippen molar-refractivity contribution in [2.24, 2.45) is 0 Å². The molecule has 0 fully saturated rings. The van der Waals surface area contributed by atoms with Gasteiger partial charge in [0.25, 0.3) is 0 Å². The number of allylic oxidation sites excluding steroid dienone is 2. The van der Waals surface area contributed by atoms with Gasteiger partial charge in [-0.3, -0.25) is 0 Å². The summed E-state index contributed by atoms with van der Waals surface area (Å²) in [5.41, 5.74) is 1.17. The second kappa shape index (κ2) is 4.69. The van der Waals surface area contributed by atoms with E-state index in [1.807, 2.05) is 31.2 Å². The third-order valence-corrected chi connectivity index (χ3v) is 2.29. The minimum atomic E-state index is 0.602. The maximum atomic E-state index is 5.68. The fourth-order valence-corrected chi connectivity index (χ4v) is 1.42. The van der Waals surface area contributed by atoms with Crippen molar-refractivity contribution in [2.45, 2.75) is 20.0 Å². The summed E-state index contributed by atoms with van der Waals surface area (Å²) in [6.45, 7) is 2.52. The molecule has 1 aliphatic rings. The molecule has 0 amide bonds. The molecule has 1 heterocycles. The summed E-state index contributed by atoms with van der Waals surface area (Å²) in [5.74, 6) is 1.77. The van der Waals surface area contributed by atoms with Gasteiger partial charge in [-0.1, -0.05) is 30.3 Å². The Labute approximate surface area is 89.8 Å². The average molecular weight is 202 g/mol. The molecule has 1 aliphatic heterocycles. The van der Waals surface area contributed by atoms with Gasteiger partial charge in [0, 0.05) is 6.42 Å². The smallest absolute Gasteiger partial charge is 0.138 e. The van der Waals surface area contributed by atoms with E-state index in [1.54, 1.807) is 6.26 Å². The molecule has 78 valence electrons. The molecule has 2 heteroatoms. The molecule has 0 bridgehead atoms. The second-order valence-electron chi connectivity index (χ2n) is 3.45. The molecular formula is C13H14O2. The van der Waals surface area contributed by atoms with Gasteiger partial charge in [0.1, 0.15) is 18.1 Å². The highest BCUT2D eigenvalue weighted by Gasteiger charge is 2.07. The van der Waals surface area contributed by atoms with Crippen molar-refractivity contribution in [2.75, 3.05) is 0 Å². The largest absolute Gasteiger partial charge is 0.489 e. The van der Waals surface area contributed by atoms with E-state index >= 15 is 0 Å². The topological polar surface area (TPSA) is 18.5 Å². The molecule has 2 rings (SSSR count). The number of ether oxygens (including phenoxy) is 2. The molecule has 0 saturated carbocycles. The molecule has 15 heavy (non-hydrogen) atoms. The zero-order chi connectivity index (χ0) is 10.5. The number of hydrogen-bond donors (Lipinski definition) is 0. The lowest BCUT2D eigenvalue weighted by molar-refractivity contribution is 0.164. The molecule has 0 atom stereocenters. The van der Waals surface area contributed by atoms with Crippen molar-refractivity contribution < 1.29 is 9.47 Å². The maximum absolute atomic E-state index is 5.68. The Kier molecular flexibility index (Phi) is 3.08. The molecule has 0 aliphatic carbocycles. The van der Waals surface area contributed by atoms with Crippen molar-refractivity contribution in [1.29, 1.82) is 0 Å². The Bertz CT molecular complexity index is 377. The van der Waals surface area contributed by atoms with E-state index < -0.39 is 0 Å². The minimum absolute atomic E-state index is 0.602. The van der Waals surface area contributed by atoms with E-state index in [2.05, 4.69) is 12.1 Å². The highest BCUT2D eigenvalue weighted by atomic mass is 16.5. The van der Waals surface area contributed by atoms with Crippen LogP contribution < -0.4 is 0 Å². The summed E-state index contributed by atoms with van der Waals surface area (Å²) in [5, 5.41) is 0. The van der Waals surface area contributed by atoms with E-state index in [4.69, 9.17) is 9.47 Å². The van der Waals surface area contributed by atoms with Crippen molar-refractivity contribution in [1.82, 2.24) is 0 Å². The van der Waals surface area contributed by atoms with E-state index in [-0.39, 0.29) is 0 Å². The zero-order valence-corrected chi connectivity index (χ0v) is 8.77. The first-order chi connectivity index (χ1) is 7.36. The Hall–Kier alpha value is -1.70. The van der Waals surface area contributed by atoms with Crippen LogP contribution in [-0.2, 0) is 16.1 Å². The predicted octanol–water partition coefficient (Wildman–Crippen LogP) is 3.37. The predicted molar refractivity (Wildman–Crippen MR) is 58.8 cm³/mol.